The second-order valence-corrected chi connectivity index (χ2v) is 9.24. The predicted octanol–water partition coefficient (Wildman–Crippen LogP) is 5.35. The highest BCUT2D eigenvalue weighted by Crippen LogP contribution is 2.55. The molecule has 0 saturated carbocycles. The Morgan fingerprint density at radius 2 is 1.39 bits per heavy atom. The third-order valence-electron chi connectivity index (χ3n) is 6.73. The smallest absolute Gasteiger partial charge is 0.335 e. The SMILES string of the molecule is CC1(C)C(c2ccc(C(=O)O)cc2)=CC[C@]2(C)CN(c3ccc(C(=O)O)cc3)CC=C12. The maximum absolute atomic E-state index is 11.2. The normalized spacial score (nSPS) is 22.2. The number of benzene rings is 2. The number of carboxylic acids is 2. The van der Waals surface area contributed by atoms with Crippen LogP contribution in [-0.2, 0) is 0 Å². The third kappa shape index (κ3) is 3.65. The van der Waals surface area contributed by atoms with Gasteiger partial charge in [-0.2, -0.15) is 0 Å². The summed E-state index contributed by atoms with van der Waals surface area (Å²) in [5.74, 6) is -1.83. The number of allylic oxidation sites excluding steroid dienone is 2. The van der Waals surface area contributed by atoms with Gasteiger partial charge in [-0.25, -0.2) is 9.59 Å². The summed E-state index contributed by atoms with van der Waals surface area (Å²) in [6.45, 7) is 8.40. The molecular weight excluding hydrogens is 390 g/mol. The molecule has 0 bridgehead atoms. The van der Waals surface area contributed by atoms with Crippen molar-refractivity contribution in [1.29, 1.82) is 0 Å². The minimum absolute atomic E-state index is 0.0300. The van der Waals surface area contributed by atoms with Gasteiger partial charge in [0.15, 0.2) is 0 Å². The van der Waals surface area contributed by atoms with E-state index in [0.29, 0.717) is 11.1 Å². The third-order valence-corrected chi connectivity index (χ3v) is 6.73. The van der Waals surface area contributed by atoms with E-state index in [1.54, 1.807) is 24.3 Å². The summed E-state index contributed by atoms with van der Waals surface area (Å²) in [5, 5.41) is 18.3. The van der Waals surface area contributed by atoms with Crippen molar-refractivity contribution >= 4 is 23.2 Å². The summed E-state index contributed by atoms with van der Waals surface area (Å²) in [6.07, 6.45) is 5.50. The number of nitrogens with zero attached hydrogens (tertiary/aromatic N) is 1. The molecule has 1 atom stereocenters. The van der Waals surface area contributed by atoms with Gasteiger partial charge in [-0.05, 0) is 54.0 Å². The van der Waals surface area contributed by atoms with Crippen molar-refractivity contribution in [3.05, 3.63) is 82.9 Å². The molecule has 5 heteroatoms. The molecular formula is C26H27NO4. The standard InChI is InChI=1S/C26H27NO4/c1-25(2)21(17-4-6-18(7-5-17)23(28)29)12-14-26(3)16-27(15-13-22(25)26)20-10-8-19(9-11-20)24(30)31/h4-13H,14-16H2,1-3H3,(H,28,29)(H,30,31)/t26-/m1/s1. The van der Waals surface area contributed by atoms with Gasteiger partial charge in [0.2, 0.25) is 0 Å². The van der Waals surface area contributed by atoms with Gasteiger partial charge in [-0.1, -0.05) is 50.6 Å². The first kappa shape index (κ1) is 20.9. The molecule has 0 radical (unpaired) electrons. The molecule has 2 N–H and O–H groups in total. The van der Waals surface area contributed by atoms with Crippen molar-refractivity contribution in [1.82, 2.24) is 0 Å². The second kappa shape index (κ2) is 7.41. The molecule has 1 aliphatic heterocycles. The van der Waals surface area contributed by atoms with Gasteiger partial charge in [0.05, 0.1) is 11.1 Å². The molecule has 4 rings (SSSR count). The molecule has 0 aromatic heterocycles. The molecule has 0 unspecified atom stereocenters. The van der Waals surface area contributed by atoms with Gasteiger partial charge in [0.25, 0.3) is 0 Å². The summed E-state index contributed by atoms with van der Waals surface area (Å²) in [6, 6.07) is 14.2. The van der Waals surface area contributed by atoms with Crippen molar-refractivity contribution in [3.8, 4) is 0 Å². The Labute approximate surface area is 182 Å². The van der Waals surface area contributed by atoms with Gasteiger partial charge < -0.3 is 15.1 Å². The quantitative estimate of drug-likeness (QED) is 0.656. The number of anilines is 1. The molecule has 1 aliphatic carbocycles. The van der Waals surface area contributed by atoms with Crippen LogP contribution in [-0.4, -0.2) is 35.2 Å². The average Bonchev–Trinajstić information content (AvgIpc) is 2.73. The first-order chi connectivity index (χ1) is 14.6. The van der Waals surface area contributed by atoms with Gasteiger partial charge in [0, 0.05) is 29.6 Å². The van der Waals surface area contributed by atoms with Crippen LogP contribution in [0.25, 0.3) is 5.57 Å². The molecule has 0 fully saturated rings. The van der Waals surface area contributed by atoms with E-state index in [0.717, 1.165) is 30.8 Å². The monoisotopic (exact) mass is 417 g/mol. The van der Waals surface area contributed by atoms with Gasteiger partial charge >= 0.3 is 11.9 Å². The molecule has 160 valence electrons. The number of carbonyl (C=O) groups is 2. The molecule has 0 spiro atoms. The fourth-order valence-electron chi connectivity index (χ4n) is 5.21. The average molecular weight is 418 g/mol. The van der Waals surface area contributed by atoms with E-state index in [2.05, 4.69) is 37.8 Å². The van der Waals surface area contributed by atoms with E-state index in [-0.39, 0.29) is 10.8 Å². The van der Waals surface area contributed by atoms with Crippen molar-refractivity contribution in [2.75, 3.05) is 18.0 Å². The Morgan fingerprint density at radius 3 is 1.94 bits per heavy atom. The summed E-state index contributed by atoms with van der Waals surface area (Å²) in [5.41, 5.74) is 5.11. The van der Waals surface area contributed by atoms with E-state index in [1.165, 1.54) is 11.1 Å². The first-order valence-corrected chi connectivity index (χ1v) is 10.5. The first-order valence-electron chi connectivity index (χ1n) is 10.5. The number of fused-ring (bicyclic) bond motifs is 1. The fourth-order valence-corrected chi connectivity index (χ4v) is 5.21. The number of aromatic carboxylic acids is 2. The number of carboxylic acid groups (broad SMARTS) is 2. The molecule has 2 aromatic rings. The summed E-state index contributed by atoms with van der Waals surface area (Å²) < 4.78 is 0. The van der Waals surface area contributed by atoms with E-state index in [9.17, 15) is 14.7 Å². The van der Waals surface area contributed by atoms with Crippen LogP contribution in [0.15, 0.2) is 66.3 Å². The highest BCUT2D eigenvalue weighted by atomic mass is 16.4. The van der Waals surface area contributed by atoms with Crippen LogP contribution >= 0.6 is 0 Å². The topological polar surface area (TPSA) is 77.8 Å². The number of hydrogen-bond acceptors (Lipinski definition) is 3. The van der Waals surface area contributed by atoms with E-state index < -0.39 is 11.9 Å². The lowest BCUT2D eigenvalue weighted by Crippen LogP contribution is -2.47. The lowest BCUT2D eigenvalue weighted by Gasteiger charge is -2.51. The van der Waals surface area contributed by atoms with E-state index in [1.807, 2.05) is 24.3 Å². The second-order valence-electron chi connectivity index (χ2n) is 9.24. The highest BCUT2D eigenvalue weighted by molar-refractivity contribution is 5.89. The zero-order valence-corrected chi connectivity index (χ0v) is 18.1. The minimum Gasteiger partial charge on any atom is -0.478 e. The molecule has 31 heavy (non-hydrogen) atoms. The van der Waals surface area contributed by atoms with Crippen molar-refractivity contribution in [3.63, 3.8) is 0 Å². The Balaban J connectivity index is 1.62. The lowest BCUT2D eigenvalue weighted by molar-refractivity contribution is 0.0686. The Kier molecular flexibility index (Phi) is 5.00. The summed E-state index contributed by atoms with van der Waals surface area (Å²) in [4.78, 5) is 24.6. The van der Waals surface area contributed by atoms with Crippen LogP contribution in [0.4, 0.5) is 5.69 Å². The lowest BCUT2D eigenvalue weighted by atomic mass is 9.58. The zero-order chi connectivity index (χ0) is 22.4. The van der Waals surface area contributed by atoms with Gasteiger partial charge in [0.1, 0.15) is 0 Å². The van der Waals surface area contributed by atoms with Crippen LogP contribution in [0.3, 0.4) is 0 Å². The predicted molar refractivity (Wildman–Crippen MR) is 122 cm³/mol. The Morgan fingerprint density at radius 1 is 0.839 bits per heavy atom. The van der Waals surface area contributed by atoms with Crippen molar-refractivity contribution in [2.24, 2.45) is 10.8 Å². The minimum atomic E-state index is -0.914. The van der Waals surface area contributed by atoms with Crippen molar-refractivity contribution < 1.29 is 19.8 Å². The van der Waals surface area contributed by atoms with Gasteiger partial charge in [-0.3, -0.25) is 0 Å². The van der Waals surface area contributed by atoms with Crippen LogP contribution in [0.1, 0.15) is 53.5 Å². The molecule has 1 heterocycles. The maximum atomic E-state index is 11.2. The number of hydrogen-bond donors (Lipinski definition) is 2. The maximum Gasteiger partial charge on any atom is 0.335 e. The van der Waals surface area contributed by atoms with Crippen LogP contribution in [0.5, 0.6) is 0 Å². The van der Waals surface area contributed by atoms with Gasteiger partial charge in [-0.15, -0.1) is 0 Å². The fraction of sp³-hybridized carbons (Fsp3) is 0.308. The molecule has 2 aromatic carbocycles. The highest BCUT2D eigenvalue weighted by Gasteiger charge is 2.45. The van der Waals surface area contributed by atoms with E-state index >= 15 is 0 Å². The van der Waals surface area contributed by atoms with Crippen LogP contribution in [0.2, 0.25) is 0 Å². The van der Waals surface area contributed by atoms with Crippen molar-refractivity contribution in [2.45, 2.75) is 27.2 Å². The molecule has 5 nitrogen and oxygen atoms in total. The largest absolute Gasteiger partial charge is 0.478 e. The molecule has 2 aliphatic rings. The summed E-state index contributed by atoms with van der Waals surface area (Å²) in [7, 11) is 0. The Bertz CT molecular complexity index is 1090. The summed E-state index contributed by atoms with van der Waals surface area (Å²) >= 11 is 0. The molecule has 0 amide bonds. The van der Waals surface area contributed by atoms with Crippen LogP contribution < -0.4 is 4.90 Å². The van der Waals surface area contributed by atoms with E-state index in [4.69, 9.17) is 5.11 Å². The Hall–Kier alpha value is -3.34. The zero-order valence-electron chi connectivity index (χ0n) is 18.1. The number of rotatable bonds is 4. The molecule has 0 saturated heterocycles. The van der Waals surface area contributed by atoms with Crippen LogP contribution in [0, 0.1) is 10.8 Å².